The van der Waals surface area contributed by atoms with E-state index in [0.717, 1.165) is 29.3 Å². The molecule has 1 unspecified atom stereocenters. The molecule has 1 amide bonds. The first-order valence-corrected chi connectivity index (χ1v) is 6.06. The van der Waals surface area contributed by atoms with Crippen LogP contribution in [0.1, 0.15) is 36.2 Å². The van der Waals surface area contributed by atoms with Crippen LogP contribution in [-0.4, -0.2) is 25.7 Å². The summed E-state index contributed by atoms with van der Waals surface area (Å²) in [6, 6.07) is 0. The molecule has 0 fully saturated rings. The average molecular weight is 245 g/mol. The van der Waals surface area contributed by atoms with Gasteiger partial charge in [-0.15, -0.1) is 0 Å². The molecule has 2 aromatic rings. The number of hydrogen-bond donors (Lipinski definition) is 2. The van der Waals surface area contributed by atoms with Gasteiger partial charge in [-0.2, -0.15) is 5.10 Å². The van der Waals surface area contributed by atoms with Crippen molar-refractivity contribution < 1.29 is 4.79 Å². The summed E-state index contributed by atoms with van der Waals surface area (Å²) in [5, 5.41) is 7.20. The molecule has 0 bridgehead atoms. The fraction of sp³-hybridized carbons (Fsp3) is 0.417. The quantitative estimate of drug-likeness (QED) is 0.840. The number of aryl methyl sites for hydroxylation is 2. The van der Waals surface area contributed by atoms with Gasteiger partial charge in [0.1, 0.15) is 5.82 Å². The van der Waals surface area contributed by atoms with E-state index in [2.05, 4.69) is 20.4 Å². The van der Waals surface area contributed by atoms with Gasteiger partial charge < -0.3 is 10.3 Å². The smallest absolute Gasteiger partial charge is 0.226 e. The Morgan fingerprint density at radius 3 is 3.06 bits per heavy atom. The normalized spacial score (nSPS) is 18.6. The summed E-state index contributed by atoms with van der Waals surface area (Å²) in [6.07, 6.45) is 3.92. The van der Waals surface area contributed by atoms with Gasteiger partial charge in [0, 0.05) is 30.1 Å². The van der Waals surface area contributed by atoms with Gasteiger partial charge in [0.2, 0.25) is 5.91 Å². The van der Waals surface area contributed by atoms with E-state index in [1.165, 1.54) is 0 Å². The van der Waals surface area contributed by atoms with E-state index in [1.54, 1.807) is 11.0 Å². The molecule has 3 rings (SSSR count). The Bertz CT molecular complexity index is 597. The molecular formula is C12H15N5O. The van der Waals surface area contributed by atoms with Gasteiger partial charge in [0.25, 0.3) is 0 Å². The number of nitrogens with zero attached hydrogens (tertiary/aromatic N) is 3. The number of fused-ring (bicyclic) bond motifs is 1. The van der Waals surface area contributed by atoms with Crippen molar-refractivity contribution in [2.75, 3.05) is 5.32 Å². The summed E-state index contributed by atoms with van der Waals surface area (Å²) < 4.78 is 1.81. The third-order valence-corrected chi connectivity index (χ3v) is 3.39. The predicted octanol–water partition coefficient (Wildman–Crippen LogP) is 1.41. The SMILES string of the molecule is CCn1ncc2c1NC(=O)CC2c1nc[nH]c1C. The molecule has 1 atom stereocenters. The third kappa shape index (κ3) is 1.53. The molecule has 2 aromatic heterocycles. The lowest BCUT2D eigenvalue weighted by molar-refractivity contribution is -0.116. The average Bonchev–Trinajstić information content (AvgIpc) is 2.94. The zero-order chi connectivity index (χ0) is 12.7. The monoisotopic (exact) mass is 245 g/mol. The topological polar surface area (TPSA) is 75.6 Å². The molecule has 1 aliphatic rings. The van der Waals surface area contributed by atoms with Crippen molar-refractivity contribution in [2.45, 2.75) is 32.7 Å². The summed E-state index contributed by atoms with van der Waals surface area (Å²) in [5.41, 5.74) is 2.98. The van der Waals surface area contributed by atoms with E-state index in [0.29, 0.717) is 6.42 Å². The Balaban J connectivity index is 2.11. The summed E-state index contributed by atoms with van der Waals surface area (Å²) in [4.78, 5) is 19.2. The largest absolute Gasteiger partial charge is 0.348 e. The first kappa shape index (κ1) is 11.0. The predicted molar refractivity (Wildman–Crippen MR) is 66.3 cm³/mol. The van der Waals surface area contributed by atoms with E-state index in [9.17, 15) is 4.79 Å². The standard InChI is InChI=1S/C12H15N5O/c1-3-17-12-9(5-15-17)8(4-10(18)16-12)11-7(2)13-6-14-11/h5-6,8H,3-4H2,1-2H3,(H,13,14)(H,16,18). The lowest BCUT2D eigenvalue weighted by atomic mass is 9.90. The molecular weight excluding hydrogens is 230 g/mol. The van der Waals surface area contributed by atoms with Crippen LogP contribution in [0.2, 0.25) is 0 Å². The molecule has 0 aromatic carbocycles. The van der Waals surface area contributed by atoms with Crippen LogP contribution in [-0.2, 0) is 11.3 Å². The second-order valence-corrected chi connectivity index (χ2v) is 4.48. The summed E-state index contributed by atoms with van der Waals surface area (Å²) in [7, 11) is 0. The maximum absolute atomic E-state index is 11.8. The first-order chi connectivity index (χ1) is 8.70. The van der Waals surface area contributed by atoms with Crippen molar-refractivity contribution in [3.63, 3.8) is 0 Å². The van der Waals surface area contributed by atoms with Crippen molar-refractivity contribution in [3.05, 3.63) is 29.5 Å². The zero-order valence-corrected chi connectivity index (χ0v) is 10.4. The van der Waals surface area contributed by atoms with E-state index >= 15 is 0 Å². The van der Waals surface area contributed by atoms with Crippen LogP contribution >= 0.6 is 0 Å². The molecule has 0 aliphatic carbocycles. The molecule has 18 heavy (non-hydrogen) atoms. The van der Waals surface area contributed by atoms with E-state index in [4.69, 9.17) is 0 Å². The highest BCUT2D eigenvalue weighted by atomic mass is 16.1. The summed E-state index contributed by atoms with van der Waals surface area (Å²) >= 11 is 0. The fourth-order valence-corrected chi connectivity index (χ4v) is 2.47. The number of H-pyrrole nitrogens is 1. The minimum atomic E-state index is 0.000278. The molecule has 3 heterocycles. The zero-order valence-electron chi connectivity index (χ0n) is 10.4. The van der Waals surface area contributed by atoms with Crippen LogP contribution in [0.5, 0.6) is 0 Å². The van der Waals surface area contributed by atoms with Gasteiger partial charge >= 0.3 is 0 Å². The Hall–Kier alpha value is -2.11. The Morgan fingerprint density at radius 2 is 2.39 bits per heavy atom. The summed E-state index contributed by atoms with van der Waals surface area (Å²) in [5.74, 6) is 0.826. The van der Waals surface area contributed by atoms with E-state index in [1.807, 2.05) is 20.0 Å². The number of carbonyl (C=O) groups excluding carboxylic acids is 1. The number of carbonyl (C=O) groups is 1. The van der Waals surface area contributed by atoms with Gasteiger partial charge in [0.15, 0.2) is 0 Å². The molecule has 0 spiro atoms. The molecule has 2 N–H and O–H groups in total. The lowest BCUT2D eigenvalue weighted by Gasteiger charge is -2.22. The minimum Gasteiger partial charge on any atom is -0.348 e. The van der Waals surface area contributed by atoms with Gasteiger partial charge in [-0.05, 0) is 13.8 Å². The molecule has 1 aliphatic heterocycles. The highest BCUT2D eigenvalue weighted by molar-refractivity contribution is 5.94. The van der Waals surface area contributed by atoms with Crippen LogP contribution in [0.3, 0.4) is 0 Å². The van der Waals surface area contributed by atoms with E-state index in [-0.39, 0.29) is 11.8 Å². The second kappa shape index (κ2) is 3.97. The van der Waals surface area contributed by atoms with Crippen LogP contribution in [0.25, 0.3) is 0 Å². The van der Waals surface area contributed by atoms with Crippen molar-refractivity contribution >= 4 is 11.7 Å². The number of aromatic nitrogens is 4. The number of imidazole rings is 1. The van der Waals surface area contributed by atoms with Gasteiger partial charge in [0.05, 0.1) is 18.2 Å². The highest BCUT2D eigenvalue weighted by Gasteiger charge is 2.31. The molecule has 6 heteroatoms. The van der Waals surface area contributed by atoms with E-state index < -0.39 is 0 Å². The maximum Gasteiger partial charge on any atom is 0.226 e. The van der Waals surface area contributed by atoms with Gasteiger partial charge in [-0.3, -0.25) is 4.79 Å². The van der Waals surface area contributed by atoms with Crippen LogP contribution in [0, 0.1) is 6.92 Å². The second-order valence-electron chi connectivity index (χ2n) is 4.48. The van der Waals surface area contributed by atoms with Gasteiger partial charge in [-0.1, -0.05) is 0 Å². The first-order valence-electron chi connectivity index (χ1n) is 6.06. The third-order valence-electron chi connectivity index (χ3n) is 3.39. The van der Waals surface area contributed by atoms with Crippen LogP contribution in [0.15, 0.2) is 12.5 Å². The number of amides is 1. The number of aromatic amines is 1. The Morgan fingerprint density at radius 1 is 1.56 bits per heavy atom. The highest BCUT2D eigenvalue weighted by Crippen LogP contribution is 2.36. The molecule has 0 saturated heterocycles. The van der Waals surface area contributed by atoms with Crippen LogP contribution < -0.4 is 5.32 Å². The number of hydrogen-bond acceptors (Lipinski definition) is 3. The maximum atomic E-state index is 11.8. The molecule has 6 nitrogen and oxygen atoms in total. The number of anilines is 1. The van der Waals surface area contributed by atoms with Crippen molar-refractivity contribution in [2.24, 2.45) is 0 Å². The number of nitrogens with one attached hydrogen (secondary N) is 2. The Labute approximate surface area is 104 Å². The molecule has 94 valence electrons. The van der Waals surface area contributed by atoms with Crippen LogP contribution in [0.4, 0.5) is 5.82 Å². The molecule has 0 radical (unpaired) electrons. The Kier molecular flexibility index (Phi) is 2.43. The van der Waals surface area contributed by atoms with Gasteiger partial charge in [-0.25, -0.2) is 9.67 Å². The fourth-order valence-electron chi connectivity index (χ4n) is 2.47. The van der Waals surface area contributed by atoms with Crippen molar-refractivity contribution in [1.29, 1.82) is 0 Å². The summed E-state index contributed by atoms with van der Waals surface area (Å²) in [6.45, 7) is 4.71. The molecule has 0 saturated carbocycles. The lowest BCUT2D eigenvalue weighted by Crippen LogP contribution is -2.25. The van der Waals surface area contributed by atoms with Crippen molar-refractivity contribution in [3.8, 4) is 0 Å². The minimum absolute atomic E-state index is 0.000278. The van der Waals surface area contributed by atoms with Crippen molar-refractivity contribution in [1.82, 2.24) is 19.7 Å². The number of rotatable bonds is 2.